The van der Waals surface area contributed by atoms with E-state index in [2.05, 4.69) is 5.32 Å². The van der Waals surface area contributed by atoms with Crippen molar-refractivity contribution in [3.8, 4) is 11.5 Å². The molecular formula is C13H19NO5. The second-order valence-corrected chi connectivity index (χ2v) is 4.03. The Balaban J connectivity index is 2.96. The number of benzene rings is 1. The minimum atomic E-state index is -1.22. The summed E-state index contributed by atoms with van der Waals surface area (Å²) in [7, 11) is 2.93. The molecule has 1 aromatic carbocycles. The van der Waals surface area contributed by atoms with Crippen LogP contribution >= 0.6 is 0 Å². The second kappa shape index (κ2) is 6.96. The van der Waals surface area contributed by atoms with E-state index in [1.54, 1.807) is 18.2 Å². The van der Waals surface area contributed by atoms with Crippen molar-refractivity contribution in [1.29, 1.82) is 0 Å². The lowest BCUT2D eigenvalue weighted by molar-refractivity contribution is -0.119. The zero-order valence-corrected chi connectivity index (χ0v) is 11.2. The normalized spacial score (nSPS) is 13.5. The van der Waals surface area contributed by atoms with Crippen LogP contribution < -0.4 is 14.8 Å². The number of amides is 1. The van der Waals surface area contributed by atoms with Crippen LogP contribution in [0.3, 0.4) is 0 Å². The molecule has 106 valence electrons. The standard InChI is InChI=1S/C13H19NO5/c1-8(15)14-7-9(16)13(17)12-10(18-2)5-4-6-11(12)19-3/h4-6,9,13,16-17H,7H2,1-3H3,(H,14,15). The van der Waals surface area contributed by atoms with E-state index in [0.29, 0.717) is 17.1 Å². The van der Waals surface area contributed by atoms with Crippen LogP contribution in [0.25, 0.3) is 0 Å². The molecule has 0 radical (unpaired) electrons. The minimum Gasteiger partial charge on any atom is -0.496 e. The Morgan fingerprint density at radius 2 is 1.79 bits per heavy atom. The van der Waals surface area contributed by atoms with Crippen LogP contribution in [0.15, 0.2) is 18.2 Å². The van der Waals surface area contributed by atoms with Crippen LogP contribution in [0.4, 0.5) is 0 Å². The van der Waals surface area contributed by atoms with Crippen LogP contribution in [0.2, 0.25) is 0 Å². The van der Waals surface area contributed by atoms with E-state index in [9.17, 15) is 15.0 Å². The van der Waals surface area contributed by atoms with E-state index < -0.39 is 12.2 Å². The largest absolute Gasteiger partial charge is 0.496 e. The Kier molecular flexibility index (Phi) is 5.59. The molecule has 0 aliphatic carbocycles. The van der Waals surface area contributed by atoms with E-state index in [1.165, 1.54) is 21.1 Å². The van der Waals surface area contributed by atoms with Crippen molar-refractivity contribution in [2.24, 2.45) is 0 Å². The summed E-state index contributed by atoms with van der Waals surface area (Å²) in [5.74, 6) is 0.542. The van der Waals surface area contributed by atoms with E-state index >= 15 is 0 Å². The van der Waals surface area contributed by atoms with Gasteiger partial charge in [-0.3, -0.25) is 4.79 Å². The monoisotopic (exact) mass is 269 g/mol. The van der Waals surface area contributed by atoms with E-state index in [4.69, 9.17) is 9.47 Å². The minimum absolute atomic E-state index is 0.0578. The van der Waals surface area contributed by atoms with Gasteiger partial charge in [-0.15, -0.1) is 0 Å². The topological polar surface area (TPSA) is 88.0 Å². The van der Waals surface area contributed by atoms with E-state index in [-0.39, 0.29) is 12.5 Å². The molecule has 1 aromatic rings. The summed E-state index contributed by atoms with van der Waals surface area (Å²) in [6.45, 7) is 1.28. The fraction of sp³-hybridized carbons (Fsp3) is 0.462. The molecule has 0 aliphatic rings. The molecule has 19 heavy (non-hydrogen) atoms. The highest BCUT2D eigenvalue weighted by atomic mass is 16.5. The number of aliphatic hydroxyl groups excluding tert-OH is 2. The molecule has 0 heterocycles. The lowest BCUT2D eigenvalue weighted by Gasteiger charge is -2.22. The molecule has 0 saturated carbocycles. The summed E-state index contributed by atoms with van der Waals surface area (Å²) < 4.78 is 10.3. The first kappa shape index (κ1) is 15.3. The van der Waals surface area contributed by atoms with Gasteiger partial charge in [0, 0.05) is 13.5 Å². The number of ether oxygens (including phenoxy) is 2. The summed E-state index contributed by atoms with van der Waals surface area (Å²) in [6.07, 6.45) is -2.38. The van der Waals surface area contributed by atoms with Gasteiger partial charge in [0.2, 0.25) is 5.91 Å². The van der Waals surface area contributed by atoms with Gasteiger partial charge >= 0.3 is 0 Å². The second-order valence-electron chi connectivity index (χ2n) is 4.03. The van der Waals surface area contributed by atoms with Crippen LogP contribution in [-0.2, 0) is 4.79 Å². The van der Waals surface area contributed by atoms with Gasteiger partial charge in [-0.1, -0.05) is 6.07 Å². The molecule has 2 unspecified atom stereocenters. The van der Waals surface area contributed by atoms with Crippen molar-refractivity contribution in [3.63, 3.8) is 0 Å². The molecule has 1 amide bonds. The summed E-state index contributed by atoms with van der Waals surface area (Å²) in [5, 5.41) is 22.5. The van der Waals surface area contributed by atoms with Crippen molar-refractivity contribution in [2.75, 3.05) is 20.8 Å². The number of nitrogens with one attached hydrogen (secondary N) is 1. The number of aliphatic hydroxyl groups is 2. The fourth-order valence-corrected chi connectivity index (χ4v) is 1.72. The van der Waals surface area contributed by atoms with Crippen LogP contribution in [0.5, 0.6) is 11.5 Å². The van der Waals surface area contributed by atoms with Gasteiger partial charge in [0.1, 0.15) is 23.7 Å². The van der Waals surface area contributed by atoms with Gasteiger partial charge in [-0.05, 0) is 12.1 Å². The zero-order valence-electron chi connectivity index (χ0n) is 11.2. The van der Waals surface area contributed by atoms with Gasteiger partial charge in [0.05, 0.1) is 19.8 Å². The molecule has 0 saturated heterocycles. The average molecular weight is 269 g/mol. The summed E-state index contributed by atoms with van der Waals surface area (Å²) in [5.41, 5.74) is 0.352. The van der Waals surface area contributed by atoms with Gasteiger partial charge in [-0.2, -0.15) is 0 Å². The molecule has 0 bridgehead atoms. The molecule has 2 atom stereocenters. The summed E-state index contributed by atoms with van der Waals surface area (Å²) in [4.78, 5) is 10.8. The molecule has 0 aromatic heterocycles. The van der Waals surface area contributed by atoms with Crippen molar-refractivity contribution in [3.05, 3.63) is 23.8 Å². The van der Waals surface area contributed by atoms with Crippen LogP contribution in [-0.4, -0.2) is 43.0 Å². The van der Waals surface area contributed by atoms with Crippen molar-refractivity contribution in [1.82, 2.24) is 5.32 Å². The highest BCUT2D eigenvalue weighted by molar-refractivity contribution is 5.72. The molecule has 6 heteroatoms. The van der Waals surface area contributed by atoms with E-state index in [1.807, 2.05) is 0 Å². The quantitative estimate of drug-likeness (QED) is 0.688. The first-order chi connectivity index (χ1) is 9.01. The first-order valence-corrected chi connectivity index (χ1v) is 5.82. The molecule has 3 N–H and O–H groups in total. The number of carbonyl (C=O) groups excluding carboxylic acids is 1. The third-order valence-corrected chi connectivity index (χ3v) is 2.69. The Morgan fingerprint density at radius 3 is 2.21 bits per heavy atom. The number of carbonyl (C=O) groups is 1. The van der Waals surface area contributed by atoms with Gasteiger partial charge in [-0.25, -0.2) is 0 Å². The van der Waals surface area contributed by atoms with Gasteiger partial charge < -0.3 is 25.0 Å². The molecule has 1 rings (SSSR count). The predicted molar refractivity (Wildman–Crippen MR) is 69.2 cm³/mol. The molecule has 0 aliphatic heterocycles. The SMILES string of the molecule is COc1cccc(OC)c1C(O)C(O)CNC(C)=O. The summed E-state index contributed by atoms with van der Waals surface area (Å²) >= 11 is 0. The number of rotatable bonds is 6. The van der Waals surface area contributed by atoms with E-state index in [0.717, 1.165) is 0 Å². The Morgan fingerprint density at radius 1 is 1.26 bits per heavy atom. The Hall–Kier alpha value is -1.79. The maximum Gasteiger partial charge on any atom is 0.216 e. The highest BCUT2D eigenvalue weighted by Crippen LogP contribution is 2.35. The third kappa shape index (κ3) is 3.84. The molecule has 0 fully saturated rings. The number of methoxy groups -OCH3 is 2. The fourth-order valence-electron chi connectivity index (χ4n) is 1.72. The van der Waals surface area contributed by atoms with Gasteiger partial charge in [0.25, 0.3) is 0 Å². The first-order valence-electron chi connectivity index (χ1n) is 5.82. The van der Waals surface area contributed by atoms with Crippen molar-refractivity contribution >= 4 is 5.91 Å². The maximum atomic E-state index is 10.8. The highest BCUT2D eigenvalue weighted by Gasteiger charge is 2.25. The average Bonchev–Trinajstić information content (AvgIpc) is 2.42. The lowest BCUT2D eigenvalue weighted by atomic mass is 10.0. The molecule has 6 nitrogen and oxygen atoms in total. The predicted octanol–water partition coefficient (Wildman–Crippen LogP) is 0.234. The van der Waals surface area contributed by atoms with Gasteiger partial charge in [0.15, 0.2) is 0 Å². The maximum absolute atomic E-state index is 10.8. The Bertz CT molecular complexity index is 413. The van der Waals surface area contributed by atoms with Crippen LogP contribution in [0, 0.1) is 0 Å². The Labute approximate surface area is 112 Å². The van der Waals surface area contributed by atoms with Crippen LogP contribution in [0.1, 0.15) is 18.6 Å². The van der Waals surface area contributed by atoms with Crippen molar-refractivity contribution < 1.29 is 24.5 Å². The smallest absolute Gasteiger partial charge is 0.216 e. The number of hydrogen-bond donors (Lipinski definition) is 3. The van der Waals surface area contributed by atoms with Crippen molar-refractivity contribution in [2.45, 2.75) is 19.1 Å². The summed E-state index contributed by atoms with van der Waals surface area (Å²) in [6, 6.07) is 5.03. The third-order valence-electron chi connectivity index (χ3n) is 2.69. The zero-order chi connectivity index (χ0) is 14.4. The number of hydrogen-bond acceptors (Lipinski definition) is 5. The molecule has 0 spiro atoms. The lowest BCUT2D eigenvalue weighted by Crippen LogP contribution is -2.34. The molecular weight excluding hydrogens is 250 g/mol.